The Kier molecular flexibility index (Phi) is 5.07. The molecule has 2 aromatic rings. The number of para-hydroxylation sites is 2. The van der Waals surface area contributed by atoms with Crippen molar-refractivity contribution < 1.29 is 14.3 Å². The summed E-state index contributed by atoms with van der Waals surface area (Å²) in [5, 5.41) is 0. The lowest BCUT2D eigenvalue weighted by Crippen LogP contribution is -2.51. The van der Waals surface area contributed by atoms with Gasteiger partial charge in [0.2, 0.25) is 6.61 Å². The van der Waals surface area contributed by atoms with Crippen molar-refractivity contribution in [3.05, 3.63) is 60.7 Å². The maximum Gasteiger partial charge on any atom is 0.361 e. The molecular weight excluding hydrogens is 278 g/mol. The van der Waals surface area contributed by atoms with Crippen LogP contribution in [0, 0.1) is 0 Å². The molecule has 0 spiro atoms. The number of quaternary nitrogens is 1. The molecule has 4 heteroatoms. The molecule has 0 aliphatic rings. The Labute approximate surface area is 130 Å². The van der Waals surface area contributed by atoms with Gasteiger partial charge in [0.25, 0.3) is 0 Å². The van der Waals surface area contributed by atoms with Crippen LogP contribution in [0.1, 0.15) is 13.8 Å². The van der Waals surface area contributed by atoms with Crippen molar-refractivity contribution >= 4 is 23.3 Å². The normalized spacial score (nSPS) is 11.0. The number of carbonyl (C=O) groups excluding carboxylic acids is 2. The zero-order chi connectivity index (χ0) is 16.0. The second-order valence-electron chi connectivity index (χ2n) is 4.97. The molecule has 0 fully saturated rings. The van der Waals surface area contributed by atoms with Gasteiger partial charge in [-0.1, -0.05) is 36.4 Å². The molecule has 0 atom stereocenters. The Morgan fingerprint density at radius 2 is 1.36 bits per heavy atom. The first-order valence-electron chi connectivity index (χ1n) is 7.27. The van der Waals surface area contributed by atoms with Crippen LogP contribution in [0.4, 0.5) is 11.4 Å². The molecule has 2 aromatic carbocycles. The highest BCUT2D eigenvalue weighted by molar-refractivity contribution is 5.96. The minimum atomic E-state index is -0.455. The van der Waals surface area contributed by atoms with Crippen LogP contribution in [0.2, 0.25) is 0 Å². The van der Waals surface area contributed by atoms with E-state index in [0.717, 1.165) is 11.4 Å². The average molecular weight is 298 g/mol. The Hall–Kier alpha value is -2.46. The van der Waals surface area contributed by atoms with Crippen LogP contribution in [0.5, 0.6) is 0 Å². The lowest BCUT2D eigenvalue weighted by Gasteiger charge is -2.33. The summed E-state index contributed by atoms with van der Waals surface area (Å²) in [5.74, 6) is -0.626. The first-order chi connectivity index (χ1) is 10.6. The van der Waals surface area contributed by atoms with Crippen LogP contribution in [0.15, 0.2) is 60.7 Å². The minimum Gasteiger partial charge on any atom is -0.451 e. The van der Waals surface area contributed by atoms with E-state index in [1.807, 2.05) is 67.6 Å². The monoisotopic (exact) mass is 298 g/mol. The van der Waals surface area contributed by atoms with Crippen molar-refractivity contribution in [2.24, 2.45) is 0 Å². The van der Waals surface area contributed by atoms with Crippen molar-refractivity contribution in [1.29, 1.82) is 0 Å². The van der Waals surface area contributed by atoms with Crippen molar-refractivity contribution in [2.45, 2.75) is 13.8 Å². The van der Waals surface area contributed by atoms with E-state index < -0.39 is 5.97 Å². The van der Waals surface area contributed by atoms with E-state index in [0.29, 0.717) is 6.54 Å². The lowest BCUT2D eigenvalue weighted by atomic mass is 10.1. The number of rotatable bonds is 5. The number of carbonyl (C=O) groups is 2. The summed E-state index contributed by atoms with van der Waals surface area (Å²) in [5.41, 5.74) is 1.71. The summed E-state index contributed by atoms with van der Waals surface area (Å²) in [6.07, 6.45) is 0. The molecule has 4 nitrogen and oxygen atoms in total. The van der Waals surface area contributed by atoms with Gasteiger partial charge in [-0.3, -0.25) is 4.79 Å². The highest BCUT2D eigenvalue weighted by atomic mass is 16.5. The third-order valence-corrected chi connectivity index (χ3v) is 3.69. The molecule has 1 amide bonds. The molecule has 0 heterocycles. The smallest absolute Gasteiger partial charge is 0.361 e. The van der Waals surface area contributed by atoms with Crippen LogP contribution in [0.3, 0.4) is 0 Å². The summed E-state index contributed by atoms with van der Waals surface area (Å²) in [7, 11) is 0. The molecule has 0 saturated carbocycles. The number of amides is 1. The summed E-state index contributed by atoms with van der Waals surface area (Å²) in [4.78, 5) is 24.0. The second-order valence-corrected chi connectivity index (χ2v) is 4.97. The second kappa shape index (κ2) is 7.00. The van der Waals surface area contributed by atoms with E-state index in [1.54, 1.807) is 0 Å². The van der Waals surface area contributed by atoms with Gasteiger partial charge in [-0.05, 0) is 6.92 Å². The van der Waals surface area contributed by atoms with Crippen molar-refractivity contribution in [3.8, 4) is 0 Å². The Morgan fingerprint density at radius 3 is 1.73 bits per heavy atom. The van der Waals surface area contributed by atoms with Crippen LogP contribution in [0.25, 0.3) is 0 Å². The molecule has 0 unspecified atom stereocenters. The van der Waals surface area contributed by atoms with Gasteiger partial charge in [-0.2, -0.15) is 4.48 Å². The number of esters is 1. The number of likely N-dealkylation sites (N-methyl/N-ethyl adjacent to an activating group) is 1. The molecule has 114 valence electrons. The first-order valence-corrected chi connectivity index (χ1v) is 7.27. The zero-order valence-electron chi connectivity index (χ0n) is 12.9. The molecule has 0 N–H and O–H groups in total. The van der Waals surface area contributed by atoms with E-state index in [-0.39, 0.29) is 17.0 Å². The van der Waals surface area contributed by atoms with Gasteiger partial charge in [0.15, 0.2) is 0 Å². The lowest BCUT2D eigenvalue weighted by molar-refractivity contribution is -0.148. The summed E-state index contributed by atoms with van der Waals surface area (Å²) >= 11 is 0. The number of nitrogens with zero attached hydrogens (tertiary/aromatic N) is 1. The molecular formula is C18H20NO3+. The Balaban J connectivity index is 2.53. The number of hydrogen-bond acceptors (Lipinski definition) is 3. The highest BCUT2D eigenvalue weighted by Gasteiger charge is 2.40. The van der Waals surface area contributed by atoms with E-state index >= 15 is 0 Å². The van der Waals surface area contributed by atoms with Crippen molar-refractivity contribution in [2.75, 3.05) is 13.2 Å². The topological polar surface area (TPSA) is 43.4 Å². The Morgan fingerprint density at radius 1 is 0.909 bits per heavy atom. The number of ether oxygens (including phenoxy) is 1. The van der Waals surface area contributed by atoms with Gasteiger partial charge in [0.1, 0.15) is 11.4 Å². The number of hydrogen-bond donors (Lipinski definition) is 0. The quantitative estimate of drug-likeness (QED) is 0.627. The zero-order valence-corrected chi connectivity index (χ0v) is 12.9. The predicted octanol–water partition coefficient (Wildman–Crippen LogP) is 3.44. The molecule has 0 aliphatic carbocycles. The number of benzene rings is 2. The maximum atomic E-state index is 12.9. The summed E-state index contributed by atoms with van der Waals surface area (Å²) in [6.45, 7) is 3.55. The fourth-order valence-electron chi connectivity index (χ4n) is 2.62. The third-order valence-electron chi connectivity index (χ3n) is 3.69. The van der Waals surface area contributed by atoms with Crippen molar-refractivity contribution in [1.82, 2.24) is 4.48 Å². The van der Waals surface area contributed by atoms with E-state index in [1.165, 1.54) is 6.92 Å². The fraction of sp³-hybridized carbons (Fsp3) is 0.222. The standard InChI is InChI=1S/C18H20NO3/c1-3-19(16-10-6-4-7-11-16,17-12-8-5-9-13-17)18(21)14-22-15(2)20/h4-13H,3,14H2,1-2H3/q+1. The maximum absolute atomic E-state index is 12.9. The minimum absolute atomic E-state index is 0.0228. The average Bonchev–Trinajstić information content (AvgIpc) is 2.56. The third kappa shape index (κ3) is 3.07. The SMILES string of the molecule is CC[N+](C(=O)COC(C)=O)(c1ccccc1)c1ccccc1. The largest absolute Gasteiger partial charge is 0.451 e. The van der Waals surface area contributed by atoms with Crippen LogP contribution < -0.4 is 4.48 Å². The fourth-order valence-corrected chi connectivity index (χ4v) is 2.62. The molecule has 0 aliphatic heterocycles. The first kappa shape index (κ1) is 15.9. The molecule has 0 radical (unpaired) electrons. The van der Waals surface area contributed by atoms with Gasteiger partial charge in [0, 0.05) is 31.2 Å². The van der Waals surface area contributed by atoms with Crippen LogP contribution in [-0.2, 0) is 14.3 Å². The van der Waals surface area contributed by atoms with Crippen molar-refractivity contribution in [3.63, 3.8) is 0 Å². The van der Waals surface area contributed by atoms with E-state index in [9.17, 15) is 9.59 Å². The van der Waals surface area contributed by atoms with Gasteiger partial charge in [0.05, 0.1) is 6.54 Å². The summed E-state index contributed by atoms with van der Waals surface area (Å²) < 4.78 is 4.97. The van der Waals surface area contributed by atoms with Gasteiger partial charge in [-0.15, -0.1) is 0 Å². The molecule has 0 aromatic heterocycles. The Bertz CT molecular complexity index is 598. The van der Waals surface area contributed by atoms with Crippen LogP contribution >= 0.6 is 0 Å². The molecule has 0 bridgehead atoms. The predicted molar refractivity (Wildman–Crippen MR) is 86.5 cm³/mol. The molecule has 2 rings (SSSR count). The van der Waals surface area contributed by atoms with E-state index in [2.05, 4.69) is 0 Å². The van der Waals surface area contributed by atoms with Crippen LogP contribution in [-0.4, -0.2) is 25.0 Å². The van der Waals surface area contributed by atoms with Gasteiger partial charge >= 0.3 is 11.9 Å². The molecule has 0 saturated heterocycles. The molecule has 22 heavy (non-hydrogen) atoms. The van der Waals surface area contributed by atoms with Gasteiger partial charge in [-0.25, -0.2) is 4.79 Å². The van der Waals surface area contributed by atoms with E-state index in [4.69, 9.17) is 4.74 Å². The van der Waals surface area contributed by atoms with Gasteiger partial charge < -0.3 is 4.74 Å². The summed E-state index contributed by atoms with van der Waals surface area (Å²) in [6, 6.07) is 19.1. The highest BCUT2D eigenvalue weighted by Crippen LogP contribution is 2.34.